The fourth-order valence-electron chi connectivity index (χ4n) is 1.65. The van der Waals surface area contributed by atoms with Crippen molar-refractivity contribution in [2.75, 3.05) is 19.8 Å². The maximum absolute atomic E-state index is 12.1. The van der Waals surface area contributed by atoms with Crippen LogP contribution in [-0.2, 0) is 6.54 Å². The molecule has 1 aromatic carbocycles. The Morgan fingerprint density at radius 1 is 1.22 bits per heavy atom. The molecule has 1 aliphatic rings. The van der Waals surface area contributed by atoms with E-state index in [9.17, 15) is 8.78 Å². The number of rotatable bonds is 5. The summed E-state index contributed by atoms with van der Waals surface area (Å²) in [5.74, 6) is 1.35. The van der Waals surface area contributed by atoms with E-state index in [4.69, 9.17) is 14.6 Å². The third-order valence-corrected chi connectivity index (χ3v) is 2.58. The SMILES string of the molecule is OC(CNCc1ccc2c(c1)OCCO2)C(F)F. The minimum Gasteiger partial charge on any atom is -0.486 e. The molecule has 2 N–H and O–H groups in total. The molecule has 0 aliphatic carbocycles. The minimum atomic E-state index is -2.72. The van der Waals surface area contributed by atoms with Crippen LogP contribution in [0.5, 0.6) is 11.5 Å². The summed E-state index contributed by atoms with van der Waals surface area (Å²) in [6, 6.07) is 5.42. The van der Waals surface area contributed by atoms with Crippen LogP contribution in [-0.4, -0.2) is 37.4 Å². The Morgan fingerprint density at radius 2 is 1.94 bits per heavy atom. The van der Waals surface area contributed by atoms with Gasteiger partial charge in [0, 0.05) is 13.1 Å². The molecule has 100 valence electrons. The van der Waals surface area contributed by atoms with Gasteiger partial charge in [0.2, 0.25) is 0 Å². The predicted octanol–water partition coefficient (Wildman–Crippen LogP) is 1.17. The van der Waals surface area contributed by atoms with Gasteiger partial charge in [-0.1, -0.05) is 6.07 Å². The number of aliphatic hydroxyl groups is 1. The van der Waals surface area contributed by atoms with Crippen LogP contribution in [0.25, 0.3) is 0 Å². The zero-order chi connectivity index (χ0) is 13.0. The van der Waals surface area contributed by atoms with Crippen molar-refractivity contribution in [1.29, 1.82) is 0 Å². The molecule has 18 heavy (non-hydrogen) atoms. The zero-order valence-electron chi connectivity index (χ0n) is 9.73. The van der Waals surface area contributed by atoms with Gasteiger partial charge in [-0.3, -0.25) is 0 Å². The molecule has 1 atom stereocenters. The summed E-state index contributed by atoms with van der Waals surface area (Å²) in [7, 11) is 0. The second-order valence-corrected chi connectivity index (χ2v) is 4.01. The number of alkyl halides is 2. The van der Waals surface area contributed by atoms with Crippen molar-refractivity contribution >= 4 is 0 Å². The normalized spacial score (nSPS) is 15.8. The molecule has 0 radical (unpaired) electrons. The first-order valence-electron chi connectivity index (χ1n) is 5.72. The van der Waals surface area contributed by atoms with Crippen molar-refractivity contribution in [2.24, 2.45) is 0 Å². The fourth-order valence-corrected chi connectivity index (χ4v) is 1.65. The average Bonchev–Trinajstić information content (AvgIpc) is 2.38. The van der Waals surface area contributed by atoms with Gasteiger partial charge in [0.1, 0.15) is 19.3 Å². The third-order valence-electron chi connectivity index (χ3n) is 2.58. The summed E-state index contributed by atoms with van der Waals surface area (Å²) < 4.78 is 34.9. The molecule has 0 aromatic heterocycles. The van der Waals surface area contributed by atoms with Crippen molar-refractivity contribution < 1.29 is 23.4 Å². The summed E-state index contributed by atoms with van der Waals surface area (Å²) >= 11 is 0. The lowest BCUT2D eigenvalue weighted by molar-refractivity contribution is -0.00341. The quantitative estimate of drug-likeness (QED) is 0.833. The first-order chi connectivity index (χ1) is 8.66. The van der Waals surface area contributed by atoms with Gasteiger partial charge in [-0.25, -0.2) is 8.78 Å². The Kier molecular flexibility index (Phi) is 4.33. The topological polar surface area (TPSA) is 50.7 Å². The maximum atomic E-state index is 12.1. The lowest BCUT2D eigenvalue weighted by Gasteiger charge is -2.19. The van der Waals surface area contributed by atoms with Crippen LogP contribution >= 0.6 is 0 Å². The average molecular weight is 259 g/mol. The highest BCUT2D eigenvalue weighted by Crippen LogP contribution is 2.30. The molecule has 1 unspecified atom stereocenters. The molecule has 0 amide bonds. The molecule has 0 fully saturated rings. The van der Waals surface area contributed by atoms with Crippen molar-refractivity contribution in [2.45, 2.75) is 19.1 Å². The molecule has 0 saturated heterocycles. The van der Waals surface area contributed by atoms with Gasteiger partial charge in [0.15, 0.2) is 11.5 Å². The maximum Gasteiger partial charge on any atom is 0.265 e. The third kappa shape index (κ3) is 3.30. The van der Waals surface area contributed by atoms with Crippen molar-refractivity contribution in [3.8, 4) is 11.5 Å². The van der Waals surface area contributed by atoms with E-state index in [-0.39, 0.29) is 6.54 Å². The second kappa shape index (κ2) is 5.97. The lowest BCUT2D eigenvalue weighted by atomic mass is 10.2. The van der Waals surface area contributed by atoms with Crippen LogP contribution in [0.3, 0.4) is 0 Å². The van der Waals surface area contributed by atoms with Crippen LogP contribution in [0.4, 0.5) is 8.78 Å². The highest BCUT2D eigenvalue weighted by molar-refractivity contribution is 5.43. The highest BCUT2D eigenvalue weighted by atomic mass is 19.3. The molecular weight excluding hydrogens is 244 g/mol. The standard InChI is InChI=1S/C12H15F2NO3/c13-12(14)9(16)7-15-6-8-1-2-10-11(5-8)18-4-3-17-10/h1-2,5,9,12,15-16H,3-4,6-7H2. The molecule has 1 aliphatic heterocycles. The number of ether oxygens (including phenoxy) is 2. The van der Waals surface area contributed by atoms with Crippen LogP contribution in [0, 0.1) is 0 Å². The number of halogens is 2. The molecule has 1 aromatic rings. The van der Waals surface area contributed by atoms with Crippen LogP contribution in [0.2, 0.25) is 0 Å². The first-order valence-corrected chi connectivity index (χ1v) is 5.72. The molecule has 0 saturated carbocycles. The Bertz CT molecular complexity index is 401. The van der Waals surface area contributed by atoms with E-state index < -0.39 is 12.5 Å². The largest absolute Gasteiger partial charge is 0.486 e. The first kappa shape index (κ1) is 13.0. The van der Waals surface area contributed by atoms with Crippen molar-refractivity contribution in [1.82, 2.24) is 5.32 Å². The van der Waals surface area contributed by atoms with E-state index in [1.165, 1.54) is 0 Å². The van der Waals surface area contributed by atoms with Crippen molar-refractivity contribution in [3.63, 3.8) is 0 Å². The Balaban J connectivity index is 1.86. The number of aliphatic hydroxyl groups excluding tert-OH is 1. The summed E-state index contributed by atoms with van der Waals surface area (Å²) in [5.41, 5.74) is 0.890. The van der Waals surface area contributed by atoms with Gasteiger partial charge < -0.3 is 19.9 Å². The van der Waals surface area contributed by atoms with E-state index in [1.54, 1.807) is 12.1 Å². The summed E-state index contributed by atoms with van der Waals surface area (Å²) in [5, 5.41) is 11.7. The minimum absolute atomic E-state index is 0.147. The Labute approximate surface area is 104 Å². The smallest absolute Gasteiger partial charge is 0.265 e. The van der Waals surface area contributed by atoms with Gasteiger partial charge in [0.05, 0.1) is 0 Å². The summed E-state index contributed by atoms with van der Waals surface area (Å²) in [4.78, 5) is 0. The van der Waals surface area contributed by atoms with E-state index in [1.807, 2.05) is 6.07 Å². The second-order valence-electron chi connectivity index (χ2n) is 4.01. The molecule has 4 nitrogen and oxygen atoms in total. The van der Waals surface area contributed by atoms with Crippen molar-refractivity contribution in [3.05, 3.63) is 23.8 Å². The van der Waals surface area contributed by atoms with Crippen LogP contribution in [0.15, 0.2) is 18.2 Å². The van der Waals surface area contributed by atoms with Gasteiger partial charge in [-0.2, -0.15) is 0 Å². The fraction of sp³-hybridized carbons (Fsp3) is 0.500. The van der Waals surface area contributed by atoms with Gasteiger partial charge in [-0.05, 0) is 17.7 Å². The molecule has 0 bridgehead atoms. The molecule has 1 heterocycles. The molecule has 6 heteroatoms. The van der Waals surface area contributed by atoms with E-state index in [0.29, 0.717) is 31.3 Å². The molecule has 2 rings (SSSR count). The number of benzene rings is 1. The van der Waals surface area contributed by atoms with E-state index in [2.05, 4.69) is 5.32 Å². The number of hydrogen-bond acceptors (Lipinski definition) is 4. The highest BCUT2D eigenvalue weighted by Gasteiger charge is 2.16. The Hall–Kier alpha value is -1.40. The predicted molar refractivity (Wildman–Crippen MR) is 61.1 cm³/mol. The number of nitrogens with one attached hydrogen (secondary N) is 1. The van der Waals surface area contributed by atoms with E-state index >= 15 is 0 Å². The molecular formula is C12H15F2NO3. The number of fused-ring (bicyclic) bond motifs is 1. The van der Waals surface area contributed by atoms with Gasteiger partial charge in [-0.15, -0.1) is 0 Å². The summed E-state index contributed by atoms with van der Waals surface area (Å²) in [6.07, 6.45) is -4.36. The molecule has 0 spiro atoms. The Morgan fingerprint density at radius 3 is 2.67 bits per heavy atom. The lowest BCUT2D eigenvalue weighted by Crippen LogP contribution is -2.31. The van der Waals surface area contributed by atoms with Gasteiger partial charge >= 0.3 is 0 Å². The summed E-state index contributed by atoms with van der Waals surface area (Å²) in [6.45, 7) is 1.28. The van der Waals surface area contributed by atoms with Gasteiger partial charge in [0.25, 0.3) is 6.43 Å². The zero-order valence-corrected chi connectivity index (χ0v) is 9.73. The monoisotopic (exact) mass is 259 g/mol. The number of hydrogen-bond donors (Lipinski definition) is 2. The van der Waals surface area contributed by atoms with Crippen LogP contribution < -0.4 is 14.8 Å². The van der Waals surface area contributed by atoms with Crippen LogP contribution in [0.1, 0.15) is 5.56 Å². The van der Waals surface area contributed by atoms with E-state index in [0.717, 1.165) is 5.56 Å².